The van der Waals surface area contributed by atoms with Crippen LogP contribution in [0.25, 0.3) is 5.57 Å². The molecule has 3 aromatic carbocycles. The molecule has 0 bridgehead atoms. The maximum atomic E-state index is 13.5. The lowest BCUT2D eigenvalue weighted by molar-refractivity contribution is -0.120. The van der Waals surface area contributed by atoms with Gasteiger partial charge in [0, 0.05) is 16.3 Å². The Labute approximate surface area is 184 Å². The molecule has 0 atom stereocenters. The Morgan fingerprint density at radius 1 is 0.839 bits per heavy atom. The van der Waals surface area contributed by atoms with Crippen LogP contribution in [0.3, 0.4) is 0 Å². The van der Waals surface area contributed by atoms with Crippen LogP contribution in [0.15, 0.2) is 78.5 Å². The third-order valence-corrected chi connectivity index (χ3v) is 5.12. The van der Waals surface area contributed by atoms with Crippen molar-refractivity contribution in [2.75, 3.05) is 24.4 Å². The fraction of sp³-hybridized carbons (Fsp3) is 0.0833. The van der Waals surface area contributed by atoms with Gasteiger partial charge in [-0.3, -0.25) is 9.59 Å². The third-order valence-electron chi connectivity index (χ3n) is 4.89. The molecule has 0 saturated carbocycles. The molecule has 1 aliphatic heterocycles. The molecule has 7 heteroatoms. The highest BCUT2D eigenvalue weighted by atomic mass is 35.5. The van der Waals surface area contributed by atoms with Crippen LogP contribution in [-0.4, -0.2) is 26.0 Å². The van der Waals surface area contributed by atoms with Gasteiger partial charge in [0.15, 0.2) is 0 Å². The average Bonchev–Trinajstić information content (AvgIpc) is 3.03. The zero-order valence-electron chi connectivity index (χ0n) is 16.9. The summed E-state index contributed by atoms with van der Waals surface area (Å²) in [6, 6.07) is 20.8. The summed E-state index contributed by atoms with van der Waals surface area (Å²) in [7, 11) is 3.10. The molecule has 6 nitrogen and oxygen atoms in total. The molecule has 0 radical (unpaired) electrons. The number of para-hydroxylation sites is 1. The first-order valence-electron chi connectivity index (χ1n) is 9.46. The van der Waals surface area contributed by atoms with Crippen molar-refractivity contribution in [1.29, 1.82) is 0 Å². The SMILES string of the molecule is COc1ccc(NC2=C(c3ccccc3OC)C(=O)N(c3cccc(Cl)c3)C2=O)cc1. The zero-order valence-corrected chi connectivity index (χ0v) is 17.6. The number of benzene rings is 3. The van der Waals surface area contributed by atoms with Crippen molar-refractivity contribution < 1.29 is 19.1 Å². The lowest BCUT2D eigenvalue weighted by Gasteiger charge is -2.16. The molecule has 1 aliphatic rings. The summed E-state index contributed by atoms with van der Waals surface area (Å²) in [5.41, 5.74) is 1.92. The van der Waals surface area contributed by atoms with Gasteiger partial charge in [-0.25, -0.2) is 4.90 Å². The first-order valence-corrected chi connectivity index (χ1v) is 9.84. The zero-order chi connectivity index (χ0) is 22.0. The lowest BCUT2D eigenvalue weighted by atomic mass is 10.0. The summed E-state index contributed by atoms with van der Waals surface area (Å²) >= 11 is 6.10. The number of rotatable bonds is 6. The lowest BCUT2D eigenvalue weighted by Crippen LogP contribution is -2.32. The van der Waals surface area contributed by atoms with Gasteiger partial charge in [0.25, 0.3) is 11.8 Å². The van der Waals surface area contributed by atoms with Crippen molar-refractivity contribution in [1.82, 2.24) is 0 Å². The first-order chi connectivity index (χ1) is 15.0. The molecule has 4 rings (SSSR count). The standard InChI is InChI=1S/C24H19ClN2O4/c1-30-18-12-10-16(11-13-18)26-22-21(19-8-3-4-9-20(19)31-2)23(28)27(24(22)29)17-7-5-6-15(25)14-17/h3-14,26H,1-2H3. The van der Waals surface area contributed by atoms with Gasteiger partial charge in [0.2, 0.25) is 0 Å². The maximum absolute atomic E-state index is 13.5. The molecule has 1 heterocycles. The number of hydrogen-bond donors (Lipinski definition) is 1. The van der Waals surface area contributed by atoms with Crippen LogP contribution in [-0.2, 0) is 9.59 Å². The molecular formula is C24H19ClN2O4. The number of imide groups is 1. The van der Waals surface area contributed by atoms with E-state index < -0.39 is 11.8 Å². The quantitative estimate of drug-likeness (QED) is 0.567. The van der Waals surface area contributed by atoms with Crippen molar-refractivity contribution in [2.45, 2.75) is 0 Å². The van der Waals surface area contributed by atoms with Gasteiger partial charge >= 0.3 is 0 Å². The smallest absolute Gasteiger partial charge is 0.282 e. The number of methoxy groups -OCH3 is 2. The predicted molar refractivity (Wildman–Crippen MR) is 120 cm³/mol. The van der Waals surface area contributed by atoms with Gasteiger partial charge in [-0.05, 0) is 48.5 Å². The summed E-state index contributed by atoms with van der Waals surface area (Å²) in [6.07, 6.45) is 0. The van der Waals surface area contributed by atoms with E-state index in [1.54, 1.807) is 79.9 Å². The first kappa shape index (κ1) is 20.5. The van der Waals surface area contributed by atoms with E-state index in [1.165, 1.54) is 7.11 Å². The topological polar surface area (TPSA) is 67.9 Å². The summed E-state index contributed by atoms with van der Waals surface area (Å²) in [6.45, 7) is 0. The normalized spacial score (nSPS) is 13.6. The molecule has 0 aromatic heterocycles. The number of anilines is 2. The second-order valence-corrected chi connectivity index (χ2v) is 7.17. The van der Waals surface area contributed by atoms with E-state index in [2.05, 4.69) is 5.32 Å². The van der Waals surface area contributed by atoms with E-state index in [4.69, 9.17) is 21.1 Å². The number of amides is 2. The average molecular weight is 435 g/mol. The predicted octanol–water partition coefficient (Wildman–Crippen LogP) is 4.75. The summed E-state index contributed by atoms with van der Waals surface area (Å²) in [5, 5.41) is 3.53. The minimum Gasteiger partial charge on any atom is -0.497 e. The monoisotopic (exact) mass is 434 g/mol. The summed E-state index contributed by atoms with van der Waals surface area (Å²) in [4.78, 5) is 28.0. The minimum atomic E-state index is -0.482. The molecule has 0 saturated heterocycles. The number of halogens is 1. The van der Waals surface area contributed by atoms with Crippen molar-refractivity contribution in [3.05, 3.63) is 89.1 Å². The molecular weight excluding hydrogens is 416 g/mol. The fourth-order valence-electron chi connectivity index (χ4n) is 3.42. The molecule has 0 spiro atoms. The molecule has 31 heavy (non-hydrogen) atoms. The van der Waals surface area contributed by atoms with E-state index >= 15 is 0 Å². The van der Waals surface area contributed by atoms with Gasteiger partial charge in [-0.1, -0.05) is 35.9 Å². The molecule has 156 valence electrons. The highest BCUT2D eigenvalue weighted by Crippen LogP contribution is 2.37. The summed E-state index contributed by atoms with van der Waals surface area (Å²) in [5.74, 6) is 0.219. The minimum absolute atomic E-state index is 0.152. The van der Waals surface area contributed by atoms with E-state index in [0.717, 1.165) is 4.90 Å². The second-order valence-electron chi connectivity index (χ2n) is 6.73. The number of nitrogens with one attached hydrogen (secondary N) is 1. The Balaban J connectivity index is 1.84. The summed E-state index contributed by atoms with van der Waals surface area (Å²) < 4.78 is 10.6. The van der Waals surface area contributed by atoms with E-state index in [1.807, 2.05) is 0 Å². The van der Waals surface area contributed by atoms with E-state index in [9.17, 15) is 9.59 Å². The van der Waals surface area contributed by atoms with Crippen LogP contribution in [0, 0.1) is 0 Å². The van der Waals surface area contributed by atoms with Crippen LogP contribution in [0.5, 0.6) is 11.5 Å². The highest BCUT2D eigenvalue weighted by molar-refractivity contribution is 6.46. The van der Waals surface area contributed by atoms with Crippen molar-refractivity contribution in [2.24, 2.45) is 0 Å². The third kappa shape index (κ3) is 3.85. The van der Waals surface area contributed by atoms with Gasteiger partial charge < -0.3 is 14.8 Å². The van der Waals surface area contributed by atoms with Gasteiger partial charge in [-0.2, -0.15) is 0 Å². The van der Waals surface area contributed by atoms with Crippen molar-refractivity contribution in [3.8, 4) is 11.5 Å². The number of carbonyl (C=O) groups is 2. The van der Waals surface area contributed by atoms with Crippen molar-refractivity contribution >= 4 is 40.4 Å². The highest BCUT2D eigenvalue weighted by Gasteiger charge is 2.41. The van der Waals surface area contributed by atoms with E-state index in [0.29, 0.717) is 33.5 Å². The van der Waals surface area contributed by atoms with Gasteiger partial charge in [-0.15, -0.1) is 0 Å². The largest absolute Gasteiger partial charge is 0.497 e. The molecule has 0 aliphatic carbocycles. The van der Waals surface area contributed by atoms with Crippen LogP contribution in [0.2, 0.25) is 5.02 Å². The molecule has 0 fully saturated rings. The second kappa shape index (κ2) is 8.53. The Kier molecular flexibility index (Phi) is 5.64. The number of hydrogen-bond acceptors (Lipinski definition) is 5. The van der Waals surface area contributed by atoms with Crippen LogP contribution >= 0.6 is 11.6 Å². The number of nitrogens with zero attached hydrogens (tertiary/aromatic N) is 1. The number of carbonyl (C=O) groups excluding carboxylic acids is 2. The Morgan fingerprint density at radius 3 is 2.26 bits per heavy atom. The van der Waals surface area contributed by atoms with Crippen LogP contribution in [0.4, 0.5) is 11.4 Å². The van der Waals surface area contributed by atoms with Gasteiger partial charge in [0.05, 0.1) is 25.5 Å². The molecule has 3 aromatic rings. The van der Waals surface area contributed by atoms with E-state index in [-0.39, 0.29) is 11.3 Å². The van der Waals surface area contributed by atoms with Crippen LogP contribution in [0.1, 0.15) is 5.56 Å². The Hall–Kier alpha value is -3.77. The fourth-order valence-corrected chi connectivity index (χ4v) is 3.60. The molecule has 2 amide bonds. The van der Waals surface area contributed by atoms with Gasteiger partial charge in [0.1, 0.15) is 17.2 Å². The van der Waals surface area contributed by atoms with Crippen molar-refractivity contribution in [3.63, 3.8) is 0 Å². The Bertz CT molecular complexity index is 1190. The molecule has 0 unspecified atom stereocenters. The maximum Gasteiger partial charge on any atom is 0.282 e. The molecule has 1 N–H and O–H groups in total. The number of ether oxygens (including phenoxy) is 2. The Morgan fingerprint density at radius 2 is 1.58 bits per heavy atom. The van der Waals surface area contributed by atoms with Crippen LogP contribution < -0.4 is 19.7 Å².